The summed E-state index contributed by atoms with van der Waals surface area (Å²) in [6.07, 6.45) is 5.88. The van der Waals surface area contributed by atoms with E-state index in [1.807, 2.05) is 39.0 Å². The fraction of sp³-hybridized carbons (Fsp3) is 0.500. The van der Waals surface area contributed by atoms with Gasteiger partial charge in [-0.1, -0.05) is 76.1 Å². The van der Waals surface area contributed by atoms with Gasteiger partial charge in [-0.05, 0) is 91.8 Å². The minimum atomic E-state index is -1.23. The van der Waals surface area contributed by atoms with Crippen LogP contribution >= 0.6 is 0 Å². The fourth-order valence-electron chi connectivity index (χ4n) is 8.61. The summed E-state index contributed by atoms with van der Waals surface area (Å²) in [5.41, 5.74) is 24.6. The normalized spacial score (nSPS) is 15.5. The van der Waals surface area contributed by atoms with Crippen molar-refractivity contribution in [2.75, 3.05) is 26.7 Å². The maximum Gasteiger partial charge on any atom is 0.246 e. The zero-order valence-corrected chi connectivity index (χ0v) is 42.8. The topological polar surface area (TPSA) is 353 Å². The van der Waals surface area contributed by atoms with E-state index in [4.69, 9.17) is 22.9 Å². The number of hydrogen-bond acceptors (Lipinski definition) is 12. The number of nitrogens with one attached hydrogen (secondary N) is 5. The summed E-state index contributed by atoms with van der Waals surface area (Å²) in [6, 6.07) is 10.9. The number of nitrogens with two attached hydrogens (primary N) is 4. The molecule has 1 aromatic heterocycles. The minimum Gasteiger partial charge on any atom is -0.508 e. The largest absolute Gasteiger partial charge is 0.508 e. The zero-order chi connectivity index (χ0) is 54.3. The molecule has 0 saturated carbocycles. The van der Waals surface area contributed by atoms with E-state index in [0.717, 1.165) is 5.56 Å². The lowest BCUT2D eigenvalue weighted by molar-refractivity contribution is -0.144. The highest BCUT2D eigenvalue weighted by Crippen LogP contribution is 2.22. The number of primary amides is 1. The lowest BCUT2D eigenvalue weighted by Gasteiger charge is -2.34. The number of amides is 8. The van der Waals surface area contributed by atoms with Crippen LogP contribution < -0.4 is 49.5 Å². The van der Waals surface area contributed by atoms with Crippen LogP contribution in [0.1, 0.15) is 88.8 Å². The van der Waals surface area contributed by atoms with Crippen molar-refractivity contribution in [3.8, 4) is 5.75 Å². The Bertz CT molecular complexity index is 2370. The Morgan fingerprint density at radius 3 is 1.97 bits per heavy atom. The number of benzene rings is 2. The van der Waals surface area contributed by atoms with Crippen LogP contribution in [0.3, 0.4) is 0 Å². The summed E-state index contributed by atoms with van der Waals surface area (Å²) in [5.74, 6) is -5.31. The number of hydrogen-bond donors (Lipinski definition) is 10. The number of guanidine groups is 1. The molecule has 0 radical (unpaired) electrons. The molecule has 7 atom stereocenters. The molecular weight excluding hydrogens is 951 g/mol. The van der Waals surface area contributed by atoms with Gasteiger partial charge in [0, 0.05) is 45.4 Å². The monoisotopic (exact) mass is 1030 g/mol. The summed E-state index contributed by atoms with van der Waals surface area (Å²) >= 11 is 0. The van der Waals surface area contributed by atoms with Crippen LogP contribution in [0.4, 0.5) is 0 Å². The highest BCUT2D eigenvalue weighted by molar-refractivity contribution is 5.98. The van der Waals surface area contributed by atoms with E-state index in [2.05, 4.69) is 36.6 Å². The van der Waals surface area contributed by atoms with Crippen LogP contribution in [0.25, 0.3) is 0 Å². The highest BCUT2D eigenvalue weighted by Gasteiger charge is 2.40. The number of pyridine rings is 1. The van der Waals surface area contributed by atoms with Gasteiger partial charge in [-0.25, -0.2) is 0 Å². The zero-order valence-electron chi connectivity index (χ0n) is 42.8. The van der Waals surface area contributed by atoms with E-state index in [1.165, 1.54) is 29.0 Å². The predicted octanol–water partition coefficient (Wildman–Crippen LogP) is -0.209. The lowest BCUT2D eigenvalue weighted by Crippen LogP contribution is -2.60. The summed E-state index contributed by atoms with van der Waals surface area (Å²) in [7, 11) is 1.48. The first-order chi connectivity index (χ1) is 35.3. The molecule has 0 bridgehead atoms. The van der Waals surface area contributed by atoms with Crippen molar-refractivity contribution >= 4 is 53.2 Å². The number of aromatic hydroxyl groups is 1. The summed E-state index contributed by atoms with van der Waals surface area (Å²) in [6.45, 7) is 5.55. The Morgan fingerprint density at radius 1 is 0.743 bits per heavy atom. The van der Waals surface area contributed by atoms with Crippen molar-refractivity contribution < 1.29 is 43.5 Å². The van der Waals surface area contributed by atoms with Crippen molar-refractivity contribution in [2.24, 2.45) is 33.8 Å². The van der Waals surface area contributed by atoms with Crippen LogP contribution in [-0.4, -0.2) is 142 Å². The third-order valence-electron chi connectivity index (χ3n) is 12.6. The maximum atomic E-state index is 14.7. The number of rotatable bonds is 29. The van der Waals surface area contributed by atoms with E-state index in [0.29, 0.717) is 30.4 Å². The van der Waals surface area contributed by atoms with E-state index in [-0.39, 0.29) is 82.1 Å². The molecule has 8 amide bonds. The van der Waals surface area contributed by atoms with Crippen molar-refractivity contribution in [1.82, 2.24) is 41.4 Å². The Morgan fingerprint density at radius 2 is 1.34 bits per heavy atom. The molecule has 402 valence electrons. The van der Waals surface area contributed by atoms with Gasteiger partial charge in [0.1, 0.15) is 42.0 Å². The van der Waals surface area contributed by atoms with Crippen LogP contribution in [-0.2, 0) is 57.6 Å². The van der Waals surface area contributed by atoms with Crippen molar-refractivity contribution in [1.29, 1.82) is 0 Å². The number of aromatic nitrogens is 1. The van der Waals surface area contributed by atoms with Crippen LogP contribution in [0.5, 0.6) is 5.75 Å². The Balaban J connectivity index is 1.58. The summed E-state index contributed by atoms with van der Waals surface area (Å²) < 4.78 is 0. The molecule has 3 aromatic rings. The molecule has 1 fully saturated rings. The fourth-order valence-corrected chi connectivity index (χ4v) is 8.61. The number of phenols is 1. The quantitative estimate of drug-likeness (QED) is 0.0245. The van der Waals surface area contributed by atoms with Gasteiger partial charge in [-0.3, -0.25) is 48.3 Å². The Labute approximate surface area is 432 Å². The molecule has 1 aliphatic rings. The smallest absolute Gasteiger partial charge is 0.246 e. The molecule has 22 nitrogen and oxygen atoms in total. The first kappa shape index (κ1) is 58.9. The molecule has 2 heterocycles. The lowest BCUT2D eigenvalue weighted by atomic mass is 9.98. The second-order valence-corrected chi connectivity index (χ2v) is 19.0. The summed E-state index contributed by atoms with van der Waals surface area (Å²) in [4.78, 5) is 121. The minimum absolute atomic E-state index is 0.00432. The van der Waals surface area contributed by atoms with Gasteiger partial charge in [0.25, 0.3) is 0 Å². The molecule has 4 rings (SSSR count). The number of aliphatic imine (C=N–C) groups is 1. The number of carbonyl (C=O) groups excluding carboxylic acids is 8. The van der Waals surface area contributed by atoms with E-state index in [9.17, 15) is 43.5 Å². The van der Waals surface area contributed by atoms with Gasteiger partial charge in [0.2, 0.25) is 47.3 Å². The number of phenolic OH excluding ortho intramolecular Hbond substituents is 1. The second kappa shape index (κ2) is 29.8. The maximum absolute atomic E-state index is 14.7. The molecule has 1 aliphatic heterocycles. The van der Waals surface area contributed by atoms with Crippen molar-refractivity contribution in [3.05, 3.63) is 95.8 Å². The van der Waals surface area contributed by atoms with Gasteiger partial charge in [0.05, 0.1) is 12.6 Å². The predicted molar refractivity (Wildman–Crippen MR) is 278 cm³/mol. The van der Waals surface area contributed by atoms with Crippen LogP contribution in [0.15, 0.2) is 84.1 Å². The molecular formula is C52H75N13O9. The third kappa shape index (κ3) is 19.1. The van der Waals surface area contributed by atoms with E-state index >= 15 is 0 Å². The van der Waals surface area contributed by atoms with Crippen molar-refractivity contribution in [2.45, 2.75) is 134 Å². The first-order valence-electron chi connectivity index (χ1n) is 25.1. The van der Waals surface area contributed by atoms with Gasteiger partial charge >= 0.3 is 0 Å². The molecule has 0 aliphatic carbocycles. The molecule has 14 N–H and O–H groups in total. The number of unbranched alkanes of at least 4 members (excludes halogenated alkanes) is 1. The molecule has 2 aromatic carbocycles. The van der Waals surface area contributed by atoms with E-state index in [1.54, 1.807) is 48.8 Å². The molecule has 74 heavy (non-hydrogen) atoms. The number of carbonyl (C=O) groups is 8. The average molecular weight is 1030 g/mol. The number of likely N-dealkylation sites (N-methyl/N-ethyl adjacent to an activating group) is 1. The van der Waals surface area contributed by atoms with Gasteiger partial charge in [-0.15, -0.1) is 0 Å². The van der Waals surface area contributed by atoms with Gasteiger partial charge in [-0.2, -0.15) is 0 Å². The molecule has 0 spiro atoms. The average Bonchev–Trinajstić information content (AvgIpc) is 3.87. The highest BCUT2D eigenvalue weighted by atomic mass is 16.3. The van der Waals surface area contributed by atoms with Crippen LogP contribution in [0, 0.1) is 5.92 Å². The van der Waals surface area contributed by atoms with Crippen LogP contribution in [0.2, 0.25) is 0 Å². The SMILES string of the molecule is CCCC[C@H](NC(=O)[C@H](CC(C)C)N(C)C(=O)[C@H](Cc1ccccc1)NC(=O)[C@@H](N)Cc1ccc(O)cc1)C(=O)N[C@@H](Cc1ccncc1)C(=O)N1CCC[C@H]1C(=O)N[C@@H](CCCN=C(N)N)C(=O)NCC(N)=O. The number of nitrogens with zero attached hydrogens (tertiary/aromatic N) is 4. The van der Waals surface area contributed by atoms with Gasteiger partial charge in [0.15, 0.2) is 5.96 Å². The molecule has 1 saturated heterocycles. The van der Waals surface area contributed by atoms with Gasteiger partial charge < -0.3 is 64.4 Å². The standard InChI is InChI=1S/C52H75N13O9/c1-5-6-14-39(61-49(72)43(27-32(2)3)64(4)50(73)40(29-33-12-8-7-9-13-33)62-45(68)37(53)28-34-17-19-36(66)20-18-34)47(70)63-41(30-35-21-24-57-25-22-35)51(74)65-26-11-16-42(65)48(71)60-38(15-10-23-58-52(55)56)46(69)59-31-44(54)67/h7-9,12-13,17-22,24-25,32,37-43,66H,5-6,10-11,14-16,23,26-31,53H2,1-4H3,(H2,54,67)(H,59,69)(H,60,71)(H,61,72)(H,62,68)(H,63,70)(H4,55,56,58)/t37-,38-,39-,40-,41-,42-,43-/m0/s1. The van der Waals surface area contributed by atoms with E-state index < -0.39 is 96.1 Å². The molecule has 22 heteroatoms. The summed E-state index contributed by atoms with van der Waals surface area (Å²) in [5, 5.41) is 23.5. The number of likely N-dealkylation sites (tertiary alicyclic amines) is 1. The van der Waals surface area contributed by atoms with Crippen molar-refractivity contribution in [3.63, 3.8) is 0 Å². The third-order valence-corrected chi connectivity index (χ3v) is 12.6. The molecule has 0 unspecified atom stereocenters. The Hall–Kier alpha value is -7.62. The second-order valence-electron chi connectivity index (χ2n) is 19.0. The Kier molecular flexibility index (Phi) is 23.7. The first-order valence-corrected chi connectivity index (χ1v) is 25.1.